The van der Waals surface area contributed by atoms with E-state index in [1.807, 2.05) is 16.8 Å². The van der Waals surface area contributed by atoms with Gasteiger partial charge in [0.15, 0.2) is 0 Å². The van der Waals surface area contributed by atoms with Crippen molar-refractivity contribution < 1.29 is 5.21 Å². The topological polar surface area (TPSA) is 50.4 Å². The molecule has 3 rings (SSSR count). The van der Waals surface area contributed by atoms with Gasteiger partial charge in [-0.1, -0.05) is 23.4 Å². The Morgan fingerprint density at radius 2 is 2.37 bits per heavy atom. The van der Waals surface area contributed by atoms with Gasteiger partial charge in [-0.15, -0.1) is 0 Å². The zero-order valence-electron chi connectivity index (χ0n) is 11.0. The minimum absolute atomic E-state index is 0.244. The van der Waals surface area contributed by atoms with Crippen LogP contribution in [0, 0.1) is 12.8 Å². The van der Waals surface area contributed by atoms with Crippen LogP contribution in [0.4, 0.5) is 0 Å². The standard InChI is InChI=1S/C15H17N3O/c1-11-3-2-4-14-13(11)6-5-12(15(14)17-19)9-18-8-7-16-10-18/h2-4,7-8,10,12,19H,5-6,9H2,1H3/b17-15-. The molecule has 4 heteroatoms. The van der Waals surface area contributed by atoms with Crippen LogP contribution in [0.15, 0.2) is 42.1 Å². The van der Waals surface area contributed by atoms with E-state index in [-0.39, 0.29) is 5.92 Å². The molecule has 1 aromatic heterocycles. The van der Waals surface area contributed by atoms with Gasteiger partial charge in [0.05, 0.1) is 12.0 Å². The summed E-state index contributed by atoms with van der Waals surface area (Å²) in [6.07, 6.45) is 7.58. The summed E-state index contributed by atoms with van der Waals surface area (Å²) < 4.78 is 2.04. The van der Waals surface area contributed by atoms with Crippen molar-refractivity contribution in [2.75, 3.05) is 0 Å². The molecule has 0 saturated heterocycles. The number of hydrogen-bond acceptors (Lipinski definition) is 3. The lowest BCUT2D eigenvalue weighted by atomic mass is 9.80. The highest BCUT2D eigenvalue weighted by Crippen LogP contribution is 2.29. The molecule has 0 radical (unpaired) electrons. The van der Waals surface area contributed by atoms with E-state index in [1.165, 1.54) is 11.1 Å². The van der Waals surface area contributed by atoms with Crippen LogP contribution in [-0.2, 0) is 13.0 Å². The van der Waals surface area contributed by atoms with E-state index < -0.39 is 0 Å². The van der Waals surface area contributed by atoms with Crippen molar-refractivity contribution in [2.24, 2.45) is 11.1 Å². The number of oxime groups is 1. The second-order valence-corrected chi connectivity index (χ2v) is 5.08. The van der Waals surface area contributed by atoms with Gasteiger partial charge >= 0.3 is 0 Å². The van der Waals surface area contributed by atoms with Crippen LogP contribution >= 0.6 is 0 Å². The highest BCUT2D eigenvalue weighted by atomic mass is 16.4. The molecule has 4 nitrogen and oxygen atoms in total. The predicted molar refractivity (Wildman–Crippen MR) is 73.5 cm³/mol. The first-order valence-corrected chi connectivity index (χ1v) is 6.56. The molecule has 0 aliphatic heterocycles. The highest BCUT2D eigenvalue weighted by molar-refractivity contribution is 6.04. The van der Waals surface area contributed by atoms with Crippen molar-refractivity contribution >= 4 is 5.71 Å². The molecule has 0 spiro atoms. The van der Waals surface area contributed by atoms with E-state index in [0.717, 1.165) is 30.7 Å². The van der Waals surface area contributed by atoms with Crippen molar-refractivity contribution in [1.82, 2.24) is 9.55 Å². The summed E-state index contributed by atoms with van der Waals surface area (Å²) >= 11 is 0. The quantitative estimate of drug-likeness (QED) is 0.662. The van der Waals surface area contributed by atoms with Crippen molar-refractivity contribution in [1.29, 1.82) is 0 Å². The minimum Gasteiger partial charge on any atom is -0.411 e. The van der Waals surface area contributed by atoms with Gasteiger partial charge in [-0.05, 0) is 30.9 Å². The van der Waals surface area contributed by atoms with E-state index in [0.29, 0.717) is 0 Å². The first kappa shape index (κ1) is 12.0. The Bertz CT molecular complexity index is 602. The number of rotatable bonds is 2. The number of fused-ring (bicyclic) bond motifs is 1. The van der Waals surface area contributed by atoms with Gasteiger partial charge in [-0.3, -0.25) is 0 Å². The molecule has 19 heavy (non-hydrogen) atoms. The average Bonchev–Trinajstić information content (AvgIpc) is 2.92. The summed E-state index contributed by atoms with van der Waals surface area (Å²) in [7, 11) is 0. The number of aryl methyl sites for hydroxylation is 1. The van der Waals surface area contributed by atoms with Gasteiger partial charge in [0.25, 0.3) is 0 Å². The molecule has 1 N–H and O–H groups in total. The molecule has 0 amide bonds. The molecule has 1 aliphatic rings. The van der Waals surface area contributed by atoms with E-state index in [1.54, 1.807) is 12.5 Å². The molecular formula is C15H17N3O. The number of aromatic nitrogens is 2. The molecule has 1 heterocycles. The van der Waals surface area contributed by atoms with Gasteiger partial charge < -0.3 is 9.77 Å². The molecular weight excluding hydrogens is 238 g/mol. The minimum atomic E-state index is 0.244. The smallest absolute Gasteiger partial charge is 0.0946 e. The van der Waals surface area contributed by atoms with Crippen LogP contribution < -0.4 is 0 Å². The Labute approximate surface area is 112 Å². The Kier molecular flexibility index (Phi) is 3.07. The first-order valence-electron chi connectivity index (χ1n) is 6.56. The third kappa shape index (κ3) is 2.14. The summed E-state index contributed by atoms with van der Waals surface area (Å²) in [5.41, 5.74) is 4.49. The van der Waals surface area contributed by atoms with Gasteiger partial charge in [-0.25, -0.2) is 4.98 Å². The molecule has 1 aliphatic carbocycles. The second kappa shape index (κ2) is 4.88. The lowest BCUT2D eigenvalue weighted by Gasteiger charge is -2.27. The molecule has 2 aromatic rings. The zero-order valence-corrected chi connectivity index (χ0v) is 11.0. The van der Waals surface area contributed by atoms with Gasteiger partial charge in [0.2, 0.25) is 0 Å². The van der Waals surface area contributed by atoms with Crippen LogP contribution in [0.1, 0.15) is 23.1 Å². The summed E-state index contributed by atoms with van der Waals surface area (Å²) in [4.78, 5) is 4.06. The van der Waals surface area contributed by atoms with Crippen molar-refractivity contribution in [3.63, 3.8) is 0 Å². The monoisotopic (exact) mass is 255 g/mol. The van der Waals surface area contributed by atoms with Gasteiger partial charge in [0, 0.05) is 30.4 Å². The fraction of sp³-hybridized carbons (Fsp3) is 0.333. The van der Waals surface area contributed by atoms with Crippen LogP contribution in [0.25, 0.3) is 0 Å². The molecule has 1 atom stereocenters. The third-order valence-electron chi connectivity index (χ3n) is 3.91. The fourth-order valence-electron chi connectivity index (χ4n) is 2.91. The van der Waals surface area contributed by atoms with E-state index in [9.17, 15) is 5.21 Å². The maximum atomic E-state index is 9.39. The summed E-state index contributed by atoms with van der Waals surface area (Å²) in [6.45, 7) is 2.93. The molecule has 1 aromatic carbocycles. The van der Waals surface area contributed by atoms with Crippen LogP contribution in [0.3, 0.4) is 0 Å². The van der Waals surface area contributed by atoms with Gasteiger partial charge in [-0.2, -0.15) is 0 Å². The normalized spacial score (nSPS) is 20.5. The zero-order chi connectivity index (χ0) is 13.2. The lowest BCUT2D eigenvalue weighted by molar-refractivity contribution is 0.312. The first-order chi connectivity index (χ1) is 9.29. The largest absolute Gasteiger partial charge is 0.411 e. The summed E-state index contributed by atoms with van der Waals surface area (Å²) in [6, 6.07) is 6.19. The number of hydrogen-bond donors (Lipinski definition) is 1. The van der Waals surface area contributed by atoms with E-state index in [4.69, 9.17) is 0 Å². The summed E-state index contributed by atoms with van der Waals surface area (Å²) in [5, 5.41) is 13.0. The maximum Gasteiger partial charge on any atom is 0.0946 e. The molecule has 98 valence electrons. The van der Waals surface area contributed by atoms with Crippen molar-refractivity contribution in [3.8, 4) is 0 Å². The Morgan fingerprint density at radius 1 is 1.47 bits per heavy atom. The molecule has 0 fully saturated rings. The Balaban J connectivity index is 1.94. The second-order valence-electron chi connectivity index (χ2n) is 5.08. The highest BCUT2D eigenvalue weighted by Gasteiger charge is 2.27. The number of benzene rings is 1. The molecule has 0 saturated carbocycles. The van der Waals surface area contributed by atoms with E-state index >= 15 is 0 Å². The van der Waals surface area contributed by atoms with Gasteiger partial charge in [0.1, 0.15) is 0 Å². The number of imidazole rings is 1. The number of nitrogens with zero attached hydrogens (tertiary/aromatic N) is 3. The molecule has 0 bridgehead atoms. The van der Waals surface area contributed by atoms with E-state index in [2.05, 4.69) is 29.2 Å². The van der Waals surface area contributed by atoms with Crippen molar-refractivity contribution in [2.45, 2.75) is 26.3 Å². The third-order valence-corrected chi connectivity index (χ3v) is 3.91. The van der Waals surface area contributed by atoms with Crippen LogP contribution in [0.2, 0.25) is 0 Å². The lowest BCUT2D eigenvalue weighted by Crippen LogP contribution is -2.27. The predicted octanol–water partition coefficient (Wildman–Crippen LogP) is 2.63. The summed E-state index contributed by atoms with van der Waals surface area (Å²) in [5.74, 6) is 0.244. The fourth-order valence-corrected chi connectivity index (χ4v) is 2.91. The van der Waals surface area contributed by atoms with Crippen molar-refractivity contribution in [3.05, 3.63) is 53.6 Å². The maximum absolute atomic E-state index is 9.39. The van der Waals surface area contributed by atoms with Crippen LogP contribution in [-0.4, -0.2) is 20.5 Å². The van der Waals surface area contributed by atoms with Crippen LogP contribution in [0.5, 0.6) is 0 Å². The average molecular weight is 255 g/mol. The molecule has 1 unspecified atom stereocenters. The SMILES string of the molecule is Cc1cccc2c1CCC(Cn1ccnc1)/C2=N/O. The Hall–Kier alpha value is -2.10. The Morgan fingerprint density at radius 3 is 3.11 bits per heavy atom.